The monoisotopic (exact) mass is 657 g/mol. The van der Waals surface area contributed by atoms with Crippen LogP contribution in [0.1, 0.15) is 39.7 Å². The molecule has 0 saturated heterocycles. The van der Waals surface area contributed by atoms with Gasteiger partial charge in [-0.3, -0.25) is 19.4 Å². The first-order chi connectivity index (χ1) is 19.7. The fourth-order valence-electron chi connectivity index (χ4n) is 3.68. The fourth-order valence-corrected chi connectivity index (χ4v) is 4.32. The third-order valence-electron chi connectivity index (χ3n) is 6.31. The molecule has 0 aliphatic carbocycles. The van der Waals surface area contributed by atoms with Gasteiger partial charge in [-0.25, -0.2) is 0 Å². The highest BCUT2D eigenvalue weighted by molar-refractivity contribution is 6.54. The zero-order chi connectivity index (χ0) is 31.6. The number of hydrogen-bond acceptors (Lipinski definition) is 7. The molecule has 2 aromatic heterocycles. The van der Waals surface area contributed by atoms with Crippen LogP contribution in [0.4, 0.5) is 5.69 Å². The second kappa shape index (κ2) is 16.8. The Balaban J connectivity index is 0.000000581. The lowest BCUT2D eigenvalue weighted by molar-refractivity contribution is -0.130. The zero-order valence-corrected chi connectivity index (χ0v) is 27.0. The molecule has 2 atom stereocenters. The maximum atomic E-state index is 13.0. The summed E-state index contributed by atoms with van der Waals surface area (Å²) >= 11 is 23.2. The van der Waals surface area contributed by atoms with Crippen LogP contribution < -0.4 is 16.0 Å². The Labute approximate surface area is 266 Å². The van der Waals surface area contributed by atoms with Crippen molar-refractivity contribution in [3.05, 3.63) is 64.4 Å². The topological polar surface area (TPSA) is 131 Å². The van der Waals surface area contributed by atoms with Crippen LogP contribution in [-0.2, 0) is 14.4 Å². The zero-order valence-electron chi connectivity index (χ0n) is 24.0. The molecule has 228 valence electrons. The summed E-state index contributed by atoms with van der Waals surface area (Å²) in [6, 6.07) is 8.85. The molecule has 3 rings (SSSR count). The number of carbonyl (C=O) groups is 3. The first kappa shape index (κ1) is 35.5. The Morgan fingerprint density at radius 2 is 1.64 bits per heavy atom. The smallest absolute Gasteiger partial charge is 0.260 e. The number of halogens is 4. The molecular formula is C29H35Cl4N5O4. The van der Waals surface area contributed by atoms with Gasteiger partial charge in [0.25, 0.3) is 5.91 Å². The number of nitrogens with two attached hydrogens (primary N) is 1. The second-order valence-corrected chi connectivity index (χ2v) is 12.0. The third kappa shape index (κ3) is 10.2. The quantitative estimate of drug-likeness (QED) is 0.233. The Morgan fingerprint density at radius 1 is 1.00 bits per heavy atom. The molecule has 0 aliphatic rings. The van der Waals surface area contributed by atoms with E-state index in [1.807, 2.05) is 52.8 Å². The number of carbonyl (C=O) groups excluding carboxylic acids is 3. The molecule has 2 amide bonds. The molecule has 13 heteroatoms. The molecular weight excluding hydrogens is 624 g/mol. The molecule has 9 nitrogen and oxygen atoms in total. The molecule has 2 unspecified atom stereocenters. The van der Waals surface area contributed by atoms with Crippen LogP contribution in [0.15, 0.2) is 53.3 Å². The number of amides is 2. The number of nitrogens with zero attached hydrogens (tertiary/aromatic N) is 3. The highest BCUT2D eigenvalue weighted by atomic mass is 35.5. The number of Topliss-reactive ketones (excluding diaryl/α,β-unsaturated/α-hetero) is 1. The average Bonchev–Trinajstić information content (AvgIpc) is 3.49. The van der Waals surface area contributed by atoms with Crippen LogP contribution in [0.3, 0.4) is 0 Å². The van der Waals surface area contributed by atoms with Crippen molar-refractivity contribution in [2.45, 2.75) is 58.0 Å². The molecule has 1 aromatic carbocycles. The predicted molar refractivity (Wildman–Crippen MR) is 168 cm³/mol. The summed E-state index contributed by atoms with van der Waals surface area (Å²) in [7, 11) is 0. The van der Waals surface area contributed by atoms with Crippen molar-refractivity contribution in [3.8, 4) is 11.5 Å². The highest BCUT2D eigenvalue weighted by Crippen LogP contribution is 2.25. The molecule has 0 radical (unpaired) electrons. The van der Waals surface area contributed by atoms with E-state index in [0.717, 1.165) is 15.6 Å². The lowest BCUT2D eigenvalue weighted by atomic mass is 9.96. The van der Waals surface area contributed by atoms with Crippen molar-refractivity contribution in [1.82, 2.24) is 15.5 Å². The van der Waals surface area contributed by atoms with Gasteiger partial charge in [0.15, 0.2) is 16.4 Å². The van der Waals surface area contributed by atoms with Crippen molar-refractivity contribution in [2.75, 3.05) is 11.4 Å². The number of pyridine rings is 1. The highest BCUT2D eigenvalue weighted by Gasteiger charge is 2.29. The van der Waals surface area contributed by atoms with Crippen molar-refractivity contribution in [1.29, 1.82) is 0 Å². The molecule has 0 fully saturated rings. The van der Waals surface area contributed by atoms with Gasteiger partial charge in [0.1, 0.15) is 5.69 Å². The van der Waals surface area contributed by atoms with E-state index in [0.29, 0.717) is 17.1 Å². The standard InChI is InChI=1S/C22H29Cl2N5O4.C7H6Cl2/c1-12(2)18(25)21(31)28-19(13(3)4)16(30)7-10-29(22(32)20(23)24)14-5-8-26-15(11-14)17-6-9-27-33-17;1-5-6(8)3-2-4-7(5)9/h5-6,8-9,11-13,18-20H,7,10,25H2,1-4H3,(H,28,31);2-4H,1H3. The predicted octanol–water partition coefficient (Wildman–Crippen LogP) is 6.26. The average molecular weight is 659 g/mol. The maximum absolute atomic E-state index is 13.0. The molecule has 0 saturated carbocycles. The van der Waals surface area contributed by atoms with E-state index in [-0.39, 0.29) is 30.6 Å². The Hall–Kier alpha value is -2.69. The van der Waals surface area contributed by atoms with Crippen LogP contribution in [0.25, 0.3) is 11.5 Å². The number of aromatic nitrogens is 2. The molecule has 3 aromatic rings. The minimum Gasteiger partial charge on any atom is -0.355 e. The largest absolute Gasteiger partial charge is 0.355 e. The SMILES string of the molecule is CC(C)C(N)C(=O)NC(C(=O)CCN(C(=O)C(Cl)Cl)c1ccnc(-c2ccno2)c1)C(C)C.Cc1c(Cl)cccc1Cl. The van der Waals surface area contributed by atoms with Gasteiger partial charge in [-0.15, -0.1) is 0 Å². The summed E-state index contributed by atoms with van der Waals surface area (Å²) in [4.78, 5) is 42.3. The summed E-state index contributed by atoms with van der Waals surface area (Å²) in [6.07, 6.45) is 2.94. The lowest BCUT2D eigenvalue weighted by Gasteiger charge is -2.27. The van der Waals surface area contributed by atoms with Crippen molar-refractivity contribution in [2.24, 2.45) is 17.6 Å². The first-order valence-corrected chi connectivity index (χ1v) is 14.8. The van der Waals surface area contributed by atoms with E-state index in [4.69, 9.17) is 56.7 Å². The molecule has 42 heavy (non-hydrogen) atoms. The number of hydrogen-bond donors (Lipinski definition) is 2. The van der Waals surface area contributed by atoms with Gasteiger partial charge in [-0.2, -0.15) is 0 Å². The molecule has 2 heterocycles. The number of rotatable bonds is 11. The molecule has 0 aliphatic heterocycles. The molecule has 3 N–H and O–H groups in total. The molecule has 0 bridgehead atoms. The number of ketones is 1. The minimum atomic E-state index is -1.33. The van der Waals surface area contributed by atoms with Crippen molar-refractivity contribution < 1.29 is 18.9 Å². The third-order valence-corrected chi connectivity index (χ3v) is 7.51. The normalized spacial score (nSPS) is 12.5. The summed E-state index contributed by atoms with van der Waals surface area (Å²) in [5.41, 5.74) is 7.74. The summed E-state index contributed by atoms with van der Waals surface area (Å²) in [6.45, 7) is 9.21. The Kier molecular flexibility index (Phi) is 14.2. The Morgan fingerprint density at radius 3 is 2.14 bits per heavy atom. The van der Waals surface area contributed by atoms with Crippen molar-refractivity contribution >= 4 is 69.7 Å². The number of anilines is 1. The van der Waals surface area contributed by atoms with Gasteiger partial charge in [-0.1, -0.05) is 85.3 Å². The van der Waals surface area contributed by atoms with Gasteiger partial charge < -0.3 is 20.5 Å². The first-order valence-electron chi connectivity index (χ1n) is 13.2. The van der Waals surface area contributed by atoms with Gasteiger partial charge >= 0.3 is 0 Å². The van der Waals surface area contributed by atoms with E-state index in [1.54, 1.807) is 18.2 Å². The van der Waals surface area contributed by atoms with E-state index >= 15 is 0 Å². The van der Waals surface area contributed by atoms with Crippen LogP contribution in [0.2, 0.25) is 10.0 Å². The van der Waals surface area contributed by atoms with Crippen LogP contribution >= 0.6 is 46.4 Å². The van der Waals surface area contributed by atoms with E-state index in [1.165, 1.54) is 17.3 Å². The van der Waals surface area contributed by atoms with E-state index in [2.05, 4.69) is 15.5 Å². The van der Waals surface area contributed by atoms with Gasteiger partial charge in [0, 0.05) is 41.0 Å². The van der Waals surface area contributed by atoms with Crippen LogP contribution in [0.5, 0.6) is 0 Å². The lowest BCUT2D eigenvalue weighted by Crippen LogP contribution is -2.52. The summed E-state index contributed by atoms with van der Waals surface area (Å²) in [5, 5.41) is 7.84. The molecule has 0 spiro atoms. The van der Waals surface area contributed by atoms with E-state index < -0.39 is 28.7 Å². The van der Waals surface area contributed by atoms with Crippen molar-refractivity contribution in [3.63, 3.8) is 0 Å². The number of alkyl halides is 2. The summed E-state index contributed by atoms with van der Waals surface area (Å²) in [5.74, 6) is -1.05. The van der Waals surface area contributed by atoms with Gasteiger partial charge in [0.05, 0.1) is 18.3 Å². The Bertz CT molecular complexity index is 1320. The summed E-state index contributed by atoms with van der Waals surface area (Å²) < 4.78 is 5.12. The van der Waals surface area contributed by atoms with E-state index in [9.17, 15) is 14.4 Å². The number of nitrogens with one attached hydrogen (secondary N) is 1. The second-order valence-electron chi connectivity index (χ2n) is 10.1. The van der Waals surface area contributed by atoms with Crippen LogP contribution in [-0.4, -0.2) is 51.2 Å². The van der Waals surface area contributed by atoms with Crippen LogP contribution in [0, 0.1) is 18.8 Å². The van der Waals surface area contributed by atoms with Gasteiger partial charge in [0.2, 0.25) is 5.91 Å². The maximum Gasteiger partial charge on any atom is 0.260 e. The van der Waals surface area contributed by atoms with Gasteiger partial charge in [-0.05, 0) is 48.6 Å². The minimum absolute atomic E-state index is 0.00277. The number of benzene rings is 1. The fraction of sp³-hybridized carbons (Fsp3) is 0.414.